The van der Waals surface area contributed by atoms with Crippen LogP contribution in [0.25, 0.3) is 0 Å². The lowest BCUT2D eigenvalue weighted by Gasteiger charge is -2.28. The lowest BCUT2D eigenvalue weighted by molar-refractivity contribution is -0.145. The molecule has 136 valence electrons. The zero-order valence-electron chi connectivity index (χ0n) is 15.4. The number of aliphatic hydroxyl groups excluding tert-OH is 1. The highest BCUT2D eigenvalue weighted by molar-refractivity contribution is 6.25. The smallest absolute Gasteiger partial charge is 0.190 e. The number of rotatable bonds is 9. The first-order valence-corrected chi connectivity index (χ1v) is 8.84. The van der Waals surface area contributed by atoms with Crippen molar-refractivity contribution in [1.82, 2.24) is 0 Å². The Morgan fingerprint density at radius 2 is 1.67 bits per heavy atom. The van der Waals surface area contributed by atoms with Crippen molar-refractivity contribution in [3.63, 3.8) is 0 Å². The first kappa shape index (κ1) is 20.6. The van der Waals surface area contributed by atoms with Gasteiger partial charge in [-0.3, -0.25) is 14.4 Å². The van der Waals surface area contributed by atoms with E-state index in [0.29, 0.717) is 12.8 Å². The molecule has 0 amide bonds. The molecule has 1 unspecified atom stereocenters. The molecular weight excluding hydrogens is 308 g/mol. The predicted molar refractivity (Wildman–Crippen MR) is 91.6 cm³/mol. The van der Waals surface area contributed by atoms with Gasteiger partial charge in [-0.05, 0) is 24.7 Å². The normalized spacial score (nSPS) is 24.3. The largest absolute Gasteiger partial charge is 0.508 e. The average Bonchev–Trinajstić information content (AvgIpc) is 2.70. The van der Waals surface area contributed by atoms with Gasteiger partial charge in [-0.25, -0.2) is 0 Å². The second kappa shape index (κ2) is 8.06. The zero-order chi connectivity index (χ0) is 18.7. The lowest BCUT2D eigenvalue weighted by atomic mass is 9.79. The van der Waals surface area contributed by atoms with Gasteiger partial charge in [-0.2, -0.15) is 0 Å². The maximum atomic E-state index is 12.6. The SMILES string of the molecule is CCC(=O)C1=C(O)C(O)(C(=O)CCC(C)C)[C@H](CCC(C)C)C1=O. The minimum absolute atomic E-state index is 0.0400. The summed E-state index contributed by atoms with van der Waals surface area (Å²) in [5, 5.41) is 21.4. The van der Waals surface area contributed by atoms with E-state index in [0.717, 1.165) is 0 Å². The number of hydrogen-bond donors (Lipinski definition) is 2. The van der Waals surface area contributed by atoms with Crippen molar-refractivity contribution >= 4 is 17.3 Å². The Bertz CT molecular complexity index is 544. The third kappa shape index (κ3) is 3.94. The van der Waals surface area contributed by atoms with E-state index in [1.165, 1.54) is 0 Å². The topological polar surface area (TPSA) is 91.7 Å². The minimum atomic E-state index is -2.25. The van der Waals surface area contributed by atoms with Crippen LogP contribution in [-0.2, 0) is 14.4 Å². The molecule has 2 N–H and O–H groups in total. The zero-order valence-corrected chi connectivity index (χ0v) is 15.4. The van der Waals surface area contributed by atoms with E-state index in [1.807, 2.05) is 27.7 Å². The number of allylic oxidation sites excluding steroid dienone is 1. The van der Waals surface area contributed by atoms with Gasteiger partial charge in [0.1, 0.15) is 11.3 Å². The highest BCUT2D eigenvalue weighted by Crippen LogP contribution is 2.42. The molecule has 1 aliphatic rings. The fourth-order valence-corrected chi connectivity index (χ4v) is 3.06. The van der Waals surface area contributed by atoms with Gasteiger partial charge in [0, 0.05) is 12.8 Å². The third-order valence-corrected chi connectivity index (χ3v) is 4.67. The standard InChI is InChI=1S/C19H30O5/c1-6-14(20)16-17(22)13(9-7-11(2)3)19(24,18(16)23)15(21)10-8-12(4)5/h11-13,23-24H,6-10H2,1-5H3/t13-,19?/m1/s1. The first-order valence-electron chi connectivity index (χ1n) is 8.84. The molecular formula is C19H30O5. The van der Waals surface area contributed by atoms with Crippen molar-refractivity contribution in [1.29, 1.82) is 0 Å². The quantitative estimate of drug-likeness (QED) is 0.630. The second-order valence-corrected chi connectivity index (χ2v) is 7.51. The van der Waals surface area contributed by atoms with E-state index in [4.69, 9.17) is 0 Å². The van der Waals surface area contributed by atoms with E-state index < -0.39 is 34.6 Å². The van der Waals surface area contributed by atoms with Gasteiger partial charge >= 0.3 is 0 Å². The van der Waals surface area contributed by atoms with Crippen LogP contribution in [0.5, 0.6) is 0 Å². The lowest BCUT2D eigenvalue weighted by Crippen LogP contribution is -2.47. The van der Waals surface area contributed by atoms with Crippen molar-refractivity contribution in [2.75, 3.05) is 0 Å². The maximum Gasteiger partial charge on any atom is 0.190 e. The fourth-order valence-electron chi connectivity index (χ4n) is 3.06. The molecule has 5 heteroatoms. The molecule has 0 aromatic heterocycles. The molecule has 0 heterocycles. The van der Waals surface area contributed by atoms with Crippen LogP contribution in [0.3, 0.4) is 0 Å². The molecule has 0 aromatic rings. The van der Waals surface area contributed by atoms with Gasteiger partial charge in [-0.1, -0.05) is 41.0 Å². The van der Waals surface area contributed by atoms with Gasteiger partial charge < -0.3 is 10.2 Å². The Kier molecular flexibility index (Phi) is 6.90. The molecule has 1 rings (SSSR count). The van der Waals surface area contributed by atoms with Gasteiger partial charge in [0.2, 0.25) is 0 Å². The number of Topliss-reactive ketones (excluding diaryl/α,β-unsaturated/α-hetero) is 3. The van der Waals surface area contributed by atoms with Crippen LogP contribution in [0, 0.1) is 17.8 Å². The Morgan fingerprint density at radius 1 is 1.12 bits per heavy atom. The minimum Gasteiger partial charge on any atom is -0.508 e. The third-order valence-electron chi connectivity index (χ3n) is 4.67. The number of aliphatic hydroxyl groups is 2. The summed E-state index contributed by atoms with van der Waals surface area (Å²) in [7, 11) is 0. The van der Waals surface area contributed by atoms with Crippen LogP contribution in [0.4, 0.5) is 0 Å². The monoisotopic (exact) mass is 338 g/mol. The summed E-state index contributed by atoms with van der Waals surface area (Å²) < 4.78 is 0. The molecule has 0 bridgehead atoms. The van der Waals surface area contributed by atoms with Gasteiger partial charge in [0.25, 0.3) is 0 Å². The fraction of sp³-hybridized carbons (Fsp3) is 0.737. The molecule has 24 heavy (non-hydrogen) atoms. The Hall–Kier alpha value is -1.49. The van der Waals surface area contributed by atoms with Crippen LogP contribution in [0.2, 0.25) is 0 Å². The molecule has 0 saturated heterocycles. The van der Waals surface area contributed by atoms with Crippen molar-refractivity contribution in [2.45, 2.75) is 72.3 Å². The van der Waals surface area contributed by atoms with Crippen LogP contribution in [-0.4, -0.2) is 33.2 Å². The summed E-state index contributed by atoms with van der Waals surface area (Å²) in [5.74, 6) is -2.96. The highest BCUT2D eigenvalue weighted by Gasteiger charge is 2.58. The van der Waals surface area contributed by atoms with Gasteiger partial charge in [0.15, 0.2) is 23.0 Å². The van der Waals surface area contributed by atoms with Crippen LogP contribution in [0.15, 0.2) is 11.3 Å². The molecule has 0 spiro atoms. The Morgan fingerprint density at radius 3 is 2.12 bits per heavy atom. The van der Waals surface area contributed by atoms with Crippen LogP contribution in [0.1, 0.15) is 66.7 Å². The summed E-state index contributed by atoms with van der Waals surface area (Å²) in [6.07, 6.45) is 1.55. The summed E-state index contributed by atoms with van der Waals surface area (Å²) in [5.41, 5.74) is -2.63. The maximum absolute atomic E-state index is 12.6. The molecule has 0 aliphatic heterocycles. The molecule has 0 radical (unpaired) electrons. The van der Waals surface area contributed by atoms with Gasteiger partial charge in [0.05, 0.1) is 5.92 Å². The number of carbonyl (C=O) groups excluding carboxylic acids is 3. The summed E-state index contributed by atoms with van der Waals surface area (Å²) in [6, 6.07) is 0. The van der Waals surface area contributed by atoms with Crippen molar-refractivity contribution in [3.8, 4) is 0 Å². The second-order valence-electron chi connectivity index (χ2n) is 7.51. The van der Waals surface area contributed by atoms with Crippen LogP contribution >= 0.6 is 0 Å². The van der Waals surface area contributed by atoms with E-state index in [-0.39, 0.29) is 36.7 Å². The summed E-state index contributed by atoms with van der Waals surface area (Å²) in [6.45, 7) is 9.44. The van der Waals surface area contributed by atoms with Crippen molar-refractivity contribution < 1.29 is 24.6 Å². The molecule has 0 fully saturated rings. The predicted octanol–water partition coefficient (Wildman–Crippen LogP) is 3.15. The Balaban J connectivity index is 3.24. The molecule has 2 atom stereocenters. The first-order chi connectivity index (χ1) is 11.1. The summed E-state index contributed by atoms with van der Waals surface area (Å²) >= 11 is 0. The van der Waals surface area contributed by atoms with E-state index in [1.54, 1.807) is 6.92 Å². The van der Waals surface area contributed by atoms with E-state index in [2.05, 4.69) is 0 Å². The van der Waals surface area contributed by atoms with Gasteiger partial charge in [-0.15, -0.1) is 0 Å². The van der Waals surface area contributed by atoms with Crippen molar-refractivity contribution in [3.05, 3.63) is 11.3 Å². The number of ketones is 3. The molecule has 0 aromatic carbocycles. The number of carbonyl (C=O) groups is 3. The highest BCUT2D eigenvalue weighted by atomic mass is 16.3. The van der Waals surface area contributed by atoms with Crippen molar-refractivity contribution in [2.24, 2.45) is 17.8 Å². The Labute approximate surface area is 144 Å². The van der Waals surface area contributed by atoms with Crippen LogP contribution < -0.4 is 0 Å². The summed E-state index contributed by atoms with van der Waals surface area (Å²) in [4.78, 5) is 37.3. The van der Waals surface area contributed by atoms with E-state index in [9.17, 15) is 24.6 Å². The molecule has 0 saturated carbocycles. The number of hydrogen-bond acceptors (Lipinski definition) is 5. The molecule has 1 aliphatic carbocycles. The molecule has 5 nitrogen and oxygen atoms in total. The van der Waals surface area contributed by atoms with E-state index >= 15 is 0 Å². The average molecular weight is 338 g/mol.